The maximum atomic E-state index is 5.23. The molecule has 0 aromatic heterocycles. The van der Waals surface area contributed by atoms with Crippen molar-refractivity contribution < 1.29 is 0 Å². The molecule has 0 saturated carbocycles. The Balaban J connectivity index is 2.19. The predicted octanol–water partition coefficient (Wildman–Crippen LogP) is 2.06. The first-order valence-electron chi connectivity index (χ1n) is 1.24. The fourth-order valence-corrected chi connectivity index (χ4v) is 0.964. The van der Waals surface area contributed by atoms with E-state index in [-0.39, 0.29) is 0 Å². The molecular formula is C2H5Cl2P. The van der Waals surface area contributed by atoms with Crippen LogP contribution >= 0.6 is 31.8 Å². The maximum absolute atomic E-state index is 5.23. The second-order valence-corrected chi connectivity index (χ2v) is 3.16. The molecule has 0 aliphatic heterocycles. The maximum Gasteiger partial charge on any atom is 0.0406 e. The first kappa shape index (κ1) is 6.01. The summed E-state index contributed by atoms with van der Waals surface area (Å²) in [6, 6.07) is 0. The van der Waals surface area contributed by atoms with Gasteiger partial charge in [0.05, 0.1) is 0 Å². The van der Waals surface area contributed by atoms with Crippen LogP contribution in [-0.2, 0) is 0 Å². The Labute approximate surface area is 43.6 Å². The normalized spacial score (nSPS) is 8.40. The standard InChI is InChI=1S/C2H5Cl2P/c3-1-5-2-4/h5H,1-2H2. The van der Waals surface area contributed by atoms with Gasteiger partial charge in [0.1, 0.15) is 0 Å². The van der Waals surface area contributed by atoms with Crippen LogP contribution in [0.5, 0.6) is 0 Å². The van der Waals surface area contributed by atoms with Gasteiger partial charge in [-0.3, -0.25) is 0 Å². The molecule has 0 aromatic carbocycles. The number of hydrogen-bond acceptors (Lipinski definition) is 0. The molecule has 0 radical (unpaired) electrons. The van der Waals surface area contributed by atoms with Crippen LogP contribution in [0.3, 0.4) is 0 Å². The minimum Gasteiger partial charge on any atom is -0.122 e. The lowest BCUT2D eigenvalue weighted by molar-refractivity contribution is 2.08. The fourth-order valence-electron chi connectivity index (χ4n) is 0.0357. The molecule has 0 amide bonds. The van der Waals surface area contributed by atoms with Crippen LogP contribution in [-0.4, -0.2) is 11.2 Å². The monoisotopic (exact) mass is 130 g/mol. The molecule has 0 aliphatic carbocycles. The zero-order chi connectivity index (χ0) is 4.12. The lowest BCUT2D eigenvalue weighted by Gasteiger charge is -1.76. The van der Waals surface area contributed by atoms with E-state index in [4.69, 9.17) is 23.2 Å². The van der Waals surface area contributed by atoms with E-state index >= 15 is 0 Å². The molecule has 0 N–H and O–H groups in total. The van der Waals surface area contributed by atoms with Crippen LogP contribution < -0.4 is 0 Å². The molecular weight excluding hydrogens is 126 g/mol. The van der Waals surface area contributed by atoms with E-state index in [9.17, 15) is 0 Å². The van der Waals surface area contributed by atoms with Gasteiger partial charge >= 0.3 is 0 Å². The van der Waals surface area contributed by atoms with Gasteiger partial charge in [-0.1, -0.05) is 8.58 Å². The molecule has 5 heavy (non-hydrogen) atoms. The lowest BCUT2D eigenvalue weighted by Crippen LogP contribution is -1.50. The Morgan fingerprint density at radius 2 is 1.60 bits per heavy atom. The Kier molecular flexibility index (Phi) is 6.02. The van der Waals surface area contributed by atoms with Crippen molar-refractivity contribution in [3.05, 3.63) is 0 Å². The smallest absolute Gasteiger partial charge is 0.0406 e. The molecule has 0 aliphatic rings. The van der Waals surface area contributed by atoms with Crippen molar-refractivity contribution in [2.24, 2.45) is 0 Å². The van der Waals surface area contributed by atoms with Gasteiger partial charge < -0.3 is 0 Å². The van der Waals surface area contributed by atoms with Crippen LogP contribution in [0.2, 0.25) is 0 Å². The number of rotatable bonds is 2. The zero-order valence-corrected chi connectivity index (χ0v) is 5.18. The molecule has 3 heteroatoms. The van der Waals surface area contributed by atoms with Gasteiger partial charge in [0.15, 0.2) is 0 Å². The second kappa shape index (κ2) is 5.01. The van der Waals surface area contributed by atoms with E-state index in [1.807, 2.05) is 0 Å². The van der Waals surface area contributed by atoms with Crippen LogP contribution in [0.25, 0.3) is 0 Å². The summed E-state index contributed by atoms with van der Waals surface area (Å²) in [5.41, 5.74) is 1.42. The molecule has 0 atom stereocenters. The van der Waals surface area contributed by atoms with Crippen LogP contribution in [0.15, 0.2) is 0 Å². The molecule has 0 bridgehead atoms. The second-order valence-electron chi connectivity index (χ2n) is 0.517. The van der Waals surface area contributed by atoms with E-state index in [1.165, 1.54) is 0 Å². The van der Waals surface area contributed by atoms with Crippen molar-refractivity contribution in [3.8, 4) is 0 Å². The van der Waals surface area contributed by atoms with Crippen molar-refractivity contribution in [2.45, 2.75) is 0 Å². The molecule has 0 heterocycles. The SMILES string of the molecule is ClCPCCl. The zero-order valence-electron chi connectivity index (χ0n) is 2.67. The van der Waals surface area contributed by atoms with Crippen molar-refractivity contribution in [1.29, 1.82) is 0 Å². The van der Waals surface area contributed by atoms with Crippen molar-refractivity contribution in [2.75, 3.05) is 11.2 Å². The highest BCUT2D eigenvalue weighted by Crippen LogP contribution is 2.11. The van der Waals surface area contributed by atoms with Gasteiger partial charge in [-0.05, 0) is 0 Å². The molecule has 32 valence electrons. The summed E-state index contributed by atoms with van der Waals surface area (Å²) in [7, 11) is 0.728. The third-order valence-electron chi connectivity index (χ3n) is 0.189. The van der Waals surface area contributed by atoms with E-state index in [0.29, 0.717) is 11.2 Å². The minimum atomic E-state index is 0.712. The molecule has 0 aromatic rings. The fraction of sp³-hybridized carbons (Fsp3) is 1.00. The Bertz CT molecular complexity index is 15.1. The average Bonchev–Trinajstić information content (AvgIpc) is 1.41. The minimum absolute atomic E-state index is 0.712. The van der Waals surface area contributed by atoms with Gasteiger partial charge in [0.2, 0.25) is 0 Å². The highest BCUT2D eigenvalue weighted by Gasteiger charge is 1.71. The third-order valence-corrected chi connectivity index (χ3v) is 1.70. The Morgan fingerprint density at radius 1 is 1.20 bits per heavy atom. The molecule has 0 spiro atoms. The molecule has 0 nitrogen and oxygen atoms in total. The van der Waals surface area contributed by atoms with Gasteiger partial charge in [-0.15, -0.1) is 23.2 Å². The van der Waals surface area contributed by atoms with Crippen LogP contribution in [0.4, 0.5) is 0 Å². The predicted molar refractivity (Wildman–Crippen MR) is 29.8 cm³/mol. The van der Waals surface area contributed by atoms with Gasteiger partial charge in [0.25, 0.3) is 0 Å². The Morgan fingerprint density at radius 3 is 1.60 bits per heavy atom. The lowest BCUT2D eigenvalue weighted by atomic mass is 11.9. The number of alkyl halides is 2. The Hall–Kier alpha value is 1.01. The molecule has 0 saturated heterocycles. The van der Waals surface area contributed by atoms with Crippen LogP contribution in [0.1, 0.15) is 0 Å². The quantitative estimate of drug-likeness (QED) is 0.397. The summed E-state index contributed by atoms with van der Waals surface area (Å²) in [5, 5.41) is 0. The summed E-state index contributed by atoms with van der Waals surface area (Å²) < 4.78 is 0. The van der Waals surface area contributed by atoms with Crippen molar-refractivity contribution in [3.63, 3.8) is 0 Å². The summed E-state index contributed by atoms with van der Waals surface area (Å²) in [5.74, 6) is 0. The highest BCUT2D eigenvalue weighted by molar-refractivity contribution is 7.42. The highest BCUT2D eigenvalue weighted by atomic mass is 35.5. The van der Waals surface area contributed by atoms with Crippen molar-refractivity contribution >= 4 is 31.8 Å². The summed E-state index contributed by atoms with van der Waals surface area (Å²) in [6.07, 6.45) is 0. The first-order chi connectivity index (χ1) is 2.41. The van der Waals surface area contributed by atoms with Crippen molar-refractivity contribution in [1.82, 2.24) is 0 Å². The van der Waals surface area contributed by atoms with Gasteiger partial charge in [0, 0.05) is 11.2 Å². The molecule has 0 fully saturated rings. The third kappa shape index (κ3) is 5.01. The first-order valence-corrected chi connectivity index (χ1v) is 3.72. The molecule has 0 unspecified atom stereocenters. The van der Waals surface area contributed by atoms with Gasteiger partial charge in [-0.2, -0.15) is 0 Å². The molecule has 0 rings (SSSR count). The van der Waals surface area contributed by atoms with E-state index in [2.05, 4.69) is 0 Å². The van der Waals surface area contributed by atoms with E-state index < -0.39 is 0 Å². The van der Waals surface area contributed by atoms with E-state index in [1.54, 1.807) is 0 Å². The summed E-state index contributed by atoms with van der Waals surface area (Å²) in [4.78, 5) is 0. The number of hydrogen-bond donors (Lipinski definition) is 0. The van der Waals surface area contributed by atoms with Crippen LogP contribution in [0, 0.1) is 0 Å². The van der Waals surface area contributed by atoms with Gasteiger partial charge in [-0.25, -0.2) is 0 Å². The largest absolute Gasteiger partial charge is 0.122 e. The number of halogens is 2. The average molecular weight is 131 g/mol. The topological polar surface area (TPSA) is 0 Å². The van der Waals surface area contributed by atoms with E-state index in [0.717, 1.165) is 8.58 Å². The summed E-state index contributed by atoms with van der Waals surface area (Å²) >= 11 is 10.5. The summed E-state index contributed by atoms with van der Waals surface area (Å²) in [6.45, 7) is 0.